The fourth-order valence-electron chi connectivity index (χ4n) is 1.41. The van der Waals surface area contributed by atoms with Crippen molar-refractivity contribution >= 4 is 15.7 Å². The van der Waals surface area contributed by atoms with E-state index < -0.39 is 20.5 Å². The van der Waals surface area contributed by atoms with Crippen LogP contribution in [-0.2, 0) is 14.2 Å². The summed E-state index contributed by atoms with van der Waals surface area (Å²) in [5.41, 5.74) is -0.591. The van der Waals surface area contributed by atoms with Gasteiger partial charge in [-0.3, -0.25) is 14.3 Å². The maximum Gasteiger partial charge on any atom is 0.269 e. The molecule has 1 aromatic rings. The molecule has 0 radical (unpaired) electrons. The van der Waals surface area contributed by atoms with Crippen LogP contribution in [0, 0.1) is 10.1 Å². The van der Waals surface area contributed by atoms with Gasteiger partial charge in [-0.15, -0.1) is 0 Å². The summed E-state index contributed by atoms with van der Waals surface area (Å²) in [5, 5.41) is 10.6. The maximum atomic E-state index is 12.7. The number of nitrogens with zero attached hydrogens (tertiary/aromatic N) is 2. The Kier molecular flexibility index (Phi) is 4.65. The van der Waals surface area contributed by atoms with E-state index in [1.807, 2.05) is 20.8 Å². The fourth-order valence-corrected chi connectivity index (χ4v) is 3.22. The van der Waals surface area contributed by atoms with Crippen LogP contribution in [0.5, 0.6) is 0 Å². The average molecular weight is 286 g/mol. The standard InChI is InChI=1S/C12H18N2O4S/c1-5-18-19(17,13-12(2,3)4)11-8-6-10(7-9-11)14(15)16/h6-9H,5H2,1-4H3/t19-/m1/s1. The van der Waals surface area contributed by atoms with Crippen molar-refractivity contribution in [1.82, 2.24) is 0 Å². The van der Waals surface area contributed by atoms with E-state index in [9.17, 15) is 14.3 Å². The molecule has 0 amide bonds. The van der Waals surface area contributed by atoms with Crippen LogP contribution >= 0.6 is 0 Å². The van der Waals surface area contributed by atoms with Crippen molar-refractivity contribution in [2.24, 2.45) is 4.36 Å². The van der Waals surface area contributed by atoms with Crippen molar-refractivity contribution in [3.05, 3.63) is 34.4 Å². The van der Waals surface area contributed by atoms with Gasteiger partial charge in [0, 0.05) is 12.1 Å². The Morgan fingerprint density at radius 3 is 2.21 bits per heavy atom. The number of rotatable bonds is 4. The molecule has 0 spiro atoms. The zero-order chi connectivity index (χ0) is 14.7. The highest BCUT2D eigenvalue weighted by molar-refractivity contribution is 7.89. The van der Waals surface area contributed by atoms with E-state index in [0.717, 1.165) is 0 Å². The second-order valence-electron chi connectivity index (χ2n) is 4.89. The molecular formula is C12H18N2O4S. The SMILES string of the molecule is CCO[S@@](=O)(=NC(C)(C)C)c1ccc([N+](=O)[O-])cc1. The number of non-ortho nitro benzene ring substituents is 1. The molecule has 0 unspecified atom stereocenters. The monoisotopic (exact) mass is 286 g/mol. The van der Waals surface area contributed by atoms with Gasteiger partial charge < -0.3 is 0 Å². The third-order valence-electron chi connectivity index (χ3n) is 2.02. The second kappa shape index (κ2) is 5.66. The summed E-state index contributed by atoms with van der Waals surface area (Å²) in [6, 6.07) is 5.44. The van der Waals surface area contributed by atoms with Crippen molar-refractivity contribution in [1.29, 1.82) is 0 Å². The molecule has 106 valence electrons. The molecule has 0 heterocycles. The van der Waals surface area contributed by atoms with Gasteiger partial charge >= 0.3 is 0 Å². The number of benzene rings is 1. The Bertz CT molecular complexity index is 566. The first-order valence-corrected chi connectivity index (χ1v) is 7.29. The van der Waals surface area contributed by atoms with E-state index in [4.69, 9.17) is 4.18 Å². The Hall–Kier alpha value is -1.47. The normalized spacial score (nSPS) is 14.7. The largest absolute Gasteiger partial charge is 0.281 e. The molecule has 0 saturated heterocycles. The molecule has 6 nitrogen and oxygen atoms in total. The molecule has 1 rings (SSSR count). The van der Waals surface area contributed by atoms with Crippen LogP contribution in [0.25, 0.3) is 0 Å². The van der Waals surface area contributed by atoms with E-state index in [0.29, 0.717) is 4.90 Å². The van der Waals surface area contributed by atoms with Crippen molar-refractivity contribution in [3.8, 4) is 0 Å². The van der Waals surface area contributed by atoms with Gasteiger partial charge in [-0.05, 0) is 39.8 Å². The van der Waals surface area contributed by atoms with Crippen LogP contribution in [0.1, 0.15) is 27.7 Å². The van der Waals surface area contributed by atoms with Crippen molar-refractivity contribution in [2.75, 3.05) is 6.61 Å². The summed E-state index contributed by atoms with van der Waals surface area (Å²) < 4.78 is 22.2. The lowest BCUT2D eigenvalue weighted by Crippen LogP contribution is -2.16. The Morgan fingerprint density at radius 2 is 1.84 bits per heavy atom. The molecule has 0 aliphatic heterocycles. The maximum absolute atomic E-state index is 12.7. The predicted octanol–water partition coefficient (Wildman–Crippen LogP) is 3.17. The molecule has 0 aliphatic rings. The lowest BCUT2D eigenvalue weighted by Gasteiger charge is -2.17. The number of nitro benzene ring substituents is 1. The van der Waals surface area contributed by atoms with Gasteiger partial charge in [0.25, 0.3) is 5.69 Å². The van der Waals surface area contributed by atoms with E-state index >= 15 is 0 Å². The van der Waals surface area contributed by atoms with Gasteiger partial charge in [0.2, 0.25) is 0 Å². The fraction of sp³-hybridized carbons (Fsp3) is 0.500. The van der Waals surface area contributed by atoms with Gasteiger partial charge in [-0.2, -0.15) is 0 Å². The molecule has 0 aliphatic carbocycles. The summed E-state index contributed by atoms with van der Waals surface area (Å²) >= 11 is 0. The summed E-state index contributed by atoms with van der Waals surface area (Å²) in [7, 11) is -3.02. The number of hydrogen-bond donors (Lipinski definition) is 0. The Morgan fingerprint density at radius 1 is 1.32 bits per heavy atom. The highest BCUT2D eigenvalue weighted by atomic mass is 32.2. The van der Waals surface area contributed by atoms with Crippen LogP contribution in [0.4, 0.5) is 5.69 Å². The minimum atomic E-state index is -3.02. The first-order valence-electron chi connectivity index (χ1n) is 5.85. The summed E-state index contributed by atoms with van der Waals surface area (Å²) in [4.78, 5) is 10.4. The zero-order valence-corrected chi connectivity index (χ0v) is 12.3. The molecule has 7 heteroatoms. The highest BCUT2D eigenvalue weighted by Gasteiger charge is 2.19. The summed E-state index contributed by atoms with van der Waals surface area (Å²) in [5.74, 6) is 0. The average Bonchev–Trinajstić information content (AvgIpc) is 2.27. The smallest absolute Gasteiger partial charge is 0.269 e. The van der Waals surface area contributed by atoms with Gasteiger partial charge in [0.05, 0.1) is 22.0 Å². The quantitative estimate of drug-likeness (QED) is 0.628. The number of nitro groups is 1. The Balaban J connectivity index is 3.32. The van der Waals surface area contributed by atoms with Crippen LogP contribution < -0.4 is 0 Å². The Labute approximate surface area is 113 Å². The molecular weight excluding hydrogens is 268 g/mol. The van der Waals surface area contributed by atoms with Gasteiger partial charge in [0.15, 0.2) is 10.0 Å². The van der Waals surface area contributed by atoms with Crippen molar-refractivity contribution < 1.29 is 13.3 Å². The molecule has 0 bridgehead atoms. The predicted molar refractivity (Wildman–Crippen MR) is 73.3 cm³/mol. The topological polar surface area (TPSA) is 81.8 Å². The lowest BCUT2D eigenvalue weighted by molar-refractivity contribution is -0.384. The summed E-state index contributed by atoms with van der Waals surface area (Å²) in [6.07, 6.45) is 0. The van der Waals surface area contributed by atoms with Crippen LogP contribution in [0.3, 0.4) is 0 Å². The first-order chi connectivity index (χ1) is 8.68. The van der Waals surface area contributed by atoms with Crippen molar-refractivity contribution in [3.63, 3.8) is 0 Å². The molecule has 0 saturated carbocycles. The minimum Gasteiger partial charge on any atom is -0.281 e. The molecule has 1 aromatic carbocycles. The van der Waals surface area contributed by atoms with Gasteiger partial charge in [-0.1, -0.05) is 0 Å². The third-order valence-corrected chi connectivity index (χ3v) is 4.23. The second-order valence-corrected chi connectivity index (χ2v) is 6.73. The third kappa shape index (κ3) is 4.29. The molecule has 0 aromatic heterocycles. The number of hydrogen-bond acceptors (Lipinski definition) is 5. The summed E-state index contributed by atoms with van der Waals surface area (Å²) in [6.45, 7) is 7.42. The van der Waals surface area contributed by atoms with Crippen LogP contribution in [-0.4, -0.2) is 21.3 Å². The van der Waals surface area contributed by atoms with Gasteiger partial charge in [-0.25, -0.2) is 8.57 Å². The van der Waals surface area contributed by atoms with E-state index in [-0.39, 0.29) is 12.3 Å². The van der Waals surface area contributed by atoms with E-state index in [2.05, 4.69) is 4.36 Å². The van der Waals surface area contributed by atoms with E-state index in [1.165, 1.54) is 24.3 Å². The van der Waals surface area contributed by atoms with Crippen molar-refractivity contribution in [2.45, 2.75) is 38.1 Å². The lowest BCUT2D eigenvalue weighted by atomic mass is 10.1. The van der Waals surface area contributed by atoms with Gasteiger partial charge in [0.1, 0.15) is 0 Å². The first kappa shape index (κ1) is 15.6. The van der Waals surface area contributed by atoms with Crippen LogP contribution in [0.2, 0.25) is 0 Å². The van der Waals surface area contributed by atoms with E-state index in [1.54, 1.807) is 6.92 Å². The van der Waals surface area contributed by atoms with Crippen LogP contribution in [0.15, 0.2) is 33.5 Å². The minimum absolute atomic E-state index is 0.0576. The molecule has 0 N–H and O–H groups in total. The molecule has 0 fully saturated rings. The molecule has 1 atom stereocenters. The highest BCUT2D eigenvalue weighted by Crippen LogP contribution is 2.23. The zero-order valence-electron chi connectivity index (χ0n) is 11.5. The molecule has 19 heavy (non-hydrogen) atoms.